The van der Waals surface area contributed by atoms with Gasteiger partial charge in [-0.05, 0) is 68.7 Å². The number of nitrogens with zero attached hydrogens (tertiary/aromatic N) is 3. The molecule has 1 heterocycles. The molecule has 0 saturated carbocycles. The molecule has 0 saturated heterocycles. The van der Waals surface area contributed by atoms with Gasteiger partial charge in [0.05, 0.1) is 21.8 Å². The number of nitrogens with one attached hydrogen (secondary N) is 1. The summed E-state index contributed by atoms with van der Waals surface area (Å²) in [5, 5.41) is 14.1. The highest BCUT2D eigenvalue weighted by Crippen LogP contribution is 2.26. The van der Waals surface area contributed by atoms with Crippen molar-refractivity contribution in [2.24, 2.45) is 7.05 Å². The first kappa shape index (κ1) is 25.2. The van der Waals surface area contributed by atoms with Crippen molar-refractivity contribution in [2.75, 3.05) is 23.2 Å². The Balaban J connectivity index is 1.76. The molecule has 3 aromatic rings. The smallest absolute Gasteiger partial charge is 0.337 e. The predicted molar refractivity (Wildman–Crippen MR) is 125 cm³/mol. The monoisotopic (exact) mass is 492 g/mol. The summed E-state index contributed by atoms with van der Waals surface area (Å²) in [4.78, 5) is 13.2. The van der Waals surface area contributed by atoms with Crippen LogP contribution in [0.3, 0.4) is 0 Å². The minimum Gasteiger partial charge on any atom is -0.478 e. The summed E-state index contributed by atoms with van der Waals surface area (Å²) in [6.45, 7) is 4.52. The third kappa shape index (κ3) is 5.36. The van der Waals surface area contributed by atoms with Gasteiger partial charge in [0.15, 0.2) is 11.6 Å². The van der Waals surface area contributed by atoms with Crippen molar-refractivity contribution in [1.29, 1.82) is 0 Å². The minimum absolute atomic E-state index is 0.0131. The Kier molecular flexibility index (Phi) is 7.25. The number of hydrogen-bond acceptors (Lipinski definition) is 5. The highest BCUT2D eigenvalue weighted by atomic mass is 32.2. The Morgan fingerprint density at radius 3 is 2.44 bits per heavy atom. The normalized spacial score (nSPS) is 11.5. The largest absolute Gasteiger partial charge is 0.478 e. The number of carboxylic acid groups (broad SMARTS) is 1. The van der Waals surface area contributed by atoms with Crippen molar-refractivity contribution in [1.82, 2.24) is 9.78 Å². The summed E-state index contributed by atoms with van der Waals surface area (Å²) in [7, 11) is -0.602. The molecule has 34 heavy (non-hydrogen) atoms. The van der Waals surface area contributed by atoms with Gasteiger partial charge in [0.1, 0.15) is 0 Å². The maximum atomic E-state index is 13.5. The van der Waals surface area contributed by atoms with E-state index in [1.807, 2.05) is 25.6 Å². The van der Waals surface area contributed by atoms with E-state index >= 15 is 0 Å². The average molecular weight is 493 g/mol. The number of hydrogen-bond donors (Lipinski definition) is 2. The lowest BCUT2D eigenvalue weighted by Gasteiger charge is -2.22. The quantitative estimate of drug-likeness (QED) is 0.470. The standard InChI is InChI=1S/C23H26F2N4O4S/c1-14-18(15(2)29(4)26-14)6-5-11-28(3)22-10-7-16(12-19(22)23(30)31)27-34(32,33)17-8-9-20(24)21(25)13-17/h7-10,12-13,27H,5-6,11H2,1-4H3,(H,30,31). The van der Waals surface area contributed by atoms with E-state index in [2.05, 4.69) is 9.82 Å². The molecule has 0 aliphatic rings. The highest BCUT2D eigenvalue weighted by Gasteiger charge is 2.20. The third-order valence-corrected chi connectivity index (χ3v) is 7.05. The molecule has 0 aliphatic heterocycles. The topological polar surface area (TPSA) is 105 Å². The van der Waals surface area contributed by atoms with E-state index in [1.54, 1.807) is 11.9 Å². The second kappa shape index (κ2) is 9.80. The van der Waals surface area contributed by atoms with Gasteiger partial charge >= 0.3 is 5.97 Å². The zero-order valence-corrected chi connectivity index (χ0v) is 20.1. The molecule has 0 radical (unpaired) electrons. The van der Waals surface area contributed by atoms with Crippen LogP contribution in [0.5, 0.6) is 0 Å². The molecule has 0 atom stereocenters. The third-order valence-electron chi connectivity index (χ3n) is 5.67. The molecular formula is C23H26F2N4O4S. The minimum atomic E-state index is -4.25. The second-order valence-electron chi connectivity index (χ2n) is 8.02. The molecule has 0 aliphatic carbocycles. The number of aromatic carboxylic acids is 1. The molecule has 2 N–H and O–H groups in total. The van der Waals surface area contributed by atoms with Gasteiger partial charge in [-0.25, -0.2) is 22.0 Å². The van der Waals surface area contributed by atoms with Crippen molar-refractivity contribution in [3.63, 3.8) is 0 Å². The van der Waals surface area contributed by atoms with Gasteiger partial charge in [-0.1, -0.05) is 0 Å². The number of aryl methyl sites for hydroxylation is 2. The van der Waals surface area contributed by atoms with Crippen LogP contribution in [0.1, 0.15) is 33.7 Å². The number of benzene rings is 2. The summed E-state index contributed by atoms with van der Waals surface area (Å²) < 4.78 is 55.7. The first-order valence-electron chi connectivity index (χ1n) is 10.5. The molecule has 0 unspecified atom stereocenters. The number of sulfonamides is 1. The van der Waals surface area contributed by atoms with Gasteiger partial charge in [0.2, 0.25) is 0 Å². The van der Waals surface area contributed by atoms with Crippen LogP contribution in [0.2, 0.25) is 0 Å². The number of rotatable bonds is 9. The van der Waals surface area contributed by atoms with Crippen molar-refractivity contribution in [3.8, 4) is 0 Å². The van der Waals surface area contributed by atoms with E-state index in [-0.39, 0.29) is 11.3 Å². The van der Waals surface area contributed by atoms with Crippen LogP contribution in [-0.4, -0.2) is 42.9 Å². The number of carbonyl (C=O) groups is 1. The van der Waals surface area contributed by atoms with E-state index in [1.165, 1.54) is 18.2 Å². The zero-order valence-electron chi connectivity index (χ0n) is 19.3. The van der Waals surface area contributed by atoms with Crippen LogP contribution >= 0.6 is 0 Å². The average Bonchev–Trinajstić information content (AvgIpc) is 3.00. The van der Waals surface area contributed by atoms with Crippen LogP contribution in [-0.2, 0) is 23.5 Å². The molecule has 1 aromatic heterocycles. The molecule has 0 amide bonds. The zero-order chi connectivity index (χ0) is 25.2. The lowest BCUT2D eigenvalue weighted by Crippen LogP contribution is -2.22. The molecular weight excluding hydrogens is 466 g/mol. The SMILES string of the molecule is Cc1nn(C)c(C)c1CCCN(C)c1ccc(NS(=O)(=O)c2ccc(F)c(F)c2)cc1C(=O)O. The molecule has 182 valence electrons. The summed E-state index contributed by atoms with van der Waals surface area (Å²) >= 11 is 0. The van der Waals surface area contributed by atoms with E-state index in [0.29, 0.717) is 24.4 Å². The van der Waals surface area contributed by atoms with Gasteiger partial charge in [-0.3, -0.25) is 9.40 Å². The van der Waals surface area contributed by atoms with Gasteiger partial charge < -0.3 is 10.0 Å². The molecule has 2 aromatic carbocycles. The first-order chi connectivity index (χ1) is 15.9. The molecule has 8 nitrogen and oxygen atoms in total. The summed E-state index contributed by atoms with van der Waals surface area (Å²) in [5.41, 5.74) is 3.53. The Morgan fingerprint density at radius 1 is 1.15 bits per heavy atom. The van der Waals surface area contributed by atoms with Gasteiger partial charge in [0.25, 0.3) is 10.0 Å². The van der Waals surface area contributed by atoms with Crippen molar-refractivity contribution in [2.45, 2.75) is 31.6 Å². The molecule has 0 spiro atoms. The highest BCUT2D eigenvalue weighted by molar-refractivity contribution is 7.92. The fourth-order valence-corrected chi connectivity index (χ4v) is 4.82. The fourth-order valence-electron chi connectivity index (χ4n) is 3.75. The lowest BCUT2D eigenvalue weighted by atomic mass is 10.1. The van der Waals surface area contributed by atoms with Gasteiger partial charge in [0, 0.05) is 32.0 Å². The molecule has 3 rings (SSSR count). The van der Waals surface area contributed by atoms with Crippen LogP contribution in [0.25, 0.3) is 0 Å². The van der Waals surface area contributed by atoms with Crippen LogP contribution < -0.4 is 9.62 Å². The predicted octanol–water partition coefficient (Wildman–Crippen LogP) is 3.88. The van der Waals surface area contributed by atoms with Crippen LogP contribution in [0.15, 0.2) is 41.3 Å². The summed E-state index contributed by atoms with van der Waals surface area (Å²) in [6.07, 6.45) is 1.54. The van der Waals surface area contributed by atoms with E-state index in [4.69, 9.17) is 0 Å². The fraction of sp³-hybridized carbons (Fsp3) is 0.304. The summed E-state index contributed by atoms with van der Waals surface area (Å²) in [6, 6.07) is 6.31. The lowest BCUT2D eigenvalue weighted by molar-refractivity contribution is 0.0697. The maximum absolute atomic E-state index is 13.5. The molecule has 0 bridgehead atoms. The van der Waals surface area contributed by atoms with Crippen molar-refractivity contribution >= 4 is 27.4 Å². The Hall–Kier alpha value is -3.47. The van der Waals surface area contributed by atoms with Crippen LogP contribution in [0.4, 0.5) is 20.2 Å². The van der Waals surface area contributed by atoms with Gasteiger partial charge in [-0.2, -0.15) is 5.10 Å². The number of halogens is 2. The Labute approximate surface area is 196 Å². The first-order valence-corrected chi connectivity index (χ1v) is 11.9. The number of carboxylic acids is 1. The van der Waals surface area contributed by atoms with Crippen molar-refractivity contribution < 1.29 is 27.1 Å². The van der Waals surface area contributed by atoms with E-state index in [0.717, 1.165) is 35.9 Å². The van der Waals surface area contributed by atoms with Crippen LogP contribution in [0, 0.1) is 25.5 Å². The van der Waals surface area contributed by atoms with E-state index < -0.39 is 32.5 Å². The van der Waals surface area contributed by atoms with Crippen molar-refractivity contribution in [3.05, 3.63) is 70.5 Å². The van der Waals surface area contributed by atoms with E-state index in [9.17, 15) is 27.1 Å². The molecule has 0 fully saturated rings. The Bertz CT molecular complexity index is 1340. The summed E-state index contributed by atoms with van der Waals surface area (Å²) in [5.74, 6) is -3.70. The van der Waals surface area contributed by atoms with Gasteiger partial charge in [-0.15, -0.1) is 0 Å². The number of aromatic nitrogens is 2. The molecule has 11 heteroatoms. The Morgan fingerprint density at radius 2 is 1.85 bits per heavy atom. The second-order valence-corrected chi connectivity index (χ2v) is 9.70. The maximum Gasteiger partial charge on any atom is 0.337 e. The number of anilines is 2.